The van der Waals surface area contributed by atoms with E-state index < -0.39 is 0 Å². The highest BCUT2D eigenvalue weighted by molar-refractivity contribution is 8.07. The number of rotatable bonds is 7. The fourth-order valence-corrected chi connectivity index (χ4v) is 3.34. The Bertz CT molecular complexity index is 701. The maximum Gasteiger partial charge on any atom is 0.192 e. The molecule has 0 fully saturated rings. The Hall–Kier alpha value is -1.92. The molecule has 5 nitrogen and oxygen atoms in total. The number of thioether (sulfide) groups is 1. The Morgan fingerprint density at radius 2 is 2.29 bits per heavy atom. The average molecular weight is 367 g/mol. The number of allylic oxidation sites excluding steroid dienone is 2. The number of ketones is 1. The van der Waals surface area contributed by atoms with Crippen molar-refractivity contribution in [1.82, 2.24) is 4.90 Å². The lowest BCUT2D eigenvalue weighted by atomic mass is 10.1. The second kappa shape index (κ2) is 8.80. The second-order valence-corrected chi connectivity index (χ2v) is 6.65. The van der Waals surface area contributed by atoms with Crippen LogP contribution in [0.3, 0.4) is 0 Å². The summed E-state index contributed by atoms with van der Waals surface area (Å²) in [6.45, 7) is 2.90. The van der Waals surface area contributed by atoms with Crippen LogP contribution in [0.5, 0.6) is 5.75 Å². The van der Waals surface area contributed by atoms with Gasteiger partial charge >= 0.3 is 0 Å². The number of carbonyl (C=O) groups excluding carboxylic acids is 1. The topological polar surface area (TPSA) is 62.1 Å². The third-order valence-corrected chi connectivity index (χ3v) is 4.65. The first-order valence-corrected chi connectivity index (χ1v) is 8.71. The van der Waals surface area contributed by atoms with Gasteiger partial charge in [-0.15, -0.1) is 0 Å². The zero-order chi connectivity index (χ0) is 17.5. The number of halogens is 1. The molecule has 1 N–H and O–H groups in total. The van der Waals surface area contributed by atoms with Crippen molar-refractivity contribution >= 4 is 35.4 Å². The van der Waals surface area contributed by atoms with Crippen LogP contribution in [0, 0.1) is 0 Å². The van der Waals surface area contributed by atoms with Crippen LogP contribution in [-0.2, 0) is 0 Å². The van der Waals surface area contributed by atoms with Crippen molar-refractivity contribution in [3.8, 4) is 5.75 Å². The molecule has 0 saturated heterocycles. The van der Waals surface area contributed by atoms with Gasteiger partial charge in [0.1, 0.15) is 5.75 Å². The number of nitrogens with zero attached hydrogens (tertiary/aromatic N) is 2. The standard InChI is InChI=1S/C17H19ClN2O3S/c1-3-4-7-20-11-13(10-19-22)24-17(20)9-15(21)14-8-12(18)5-6-16(14)23-2/h5-6,8-11,22H,3-4,7H2,1-2H3/b17-9-,19-10+. The van der Waals surface area contributed by atoms with Crippen molar-refractivity contribution in [1.29, 1.82) is 0 Å². The van der Waals surface area contributed by atoms with Crippen LogP contribution < -0.4 is 4.74 Å². The van der Waals surface area contributed by atoms with Crippen LogP contribution in [0.15, 0.2) is 45.6 Å². The third-order valence-electron chi connectivity index (χ3n) is 3.41. The SMILES string of the molecule is CCCCN1C=C(/C=N/O)S/C1=C\C(=O)c1cc(Cl)ccc1OC. The predicted octanol–water partition coefficient (Wildman–Crippen LogP) is 4.52. The van der Waals surface area contributed by atoms with Gasteiger partial charge in [-0.1, -0.05) is 41.9 Å². The summed E-state index contributed by atoms with van der Waals surface area (Å²) >= 11 is 7.38. The Morgan fingerprint density at radius 3 is 2.96 bits per heavy atom. The predicted molar refractivity (Wildman–Crippen MR) is 98.0 cm³/mol. The van der Waals surface area contributed by atoms with Crippen molar-refractivity contribution in [2.75, 3.05) is 13.7 Å². The highest BCUT2D eigenvalue weighted by atomic mass is 35.5. The molecule has 1 aromatic carbocycles. The molecule has 1 aliphatic heterocycles. The number of hydrogen-bond donors (Lipinski definition) is 1. The van der Waals surface area contributed by atoms with Crippen LogP contribution in [0.1, 0.15) is 30.1 Å². The summed E-state index contributed by atoms with van der Waals surface area (Å²) in [6.07, 6.45) is 6.82. The van der Waals surface area contributed by atoms with E-state index in [9.17, 15) is 4.79 Å². The highest BCUT2D eigenvalue weighted by Crippen LogP contribution is 2.36. The number of unbranched alkanes of at least 4 members (excludes halogenated alkanes) is 1. The van der Waals surface area contributed by atoms with Crippen molar-refractivity contribution < 1.29 is 14.7 Å². The second-order valence-electron chi connectivity index (χ2n) is 5.12. The fourth-order valence-electron chi connectivity index (χ4n) is 2.22. The summed E-state index contributed by atoms with van der Waals surface area (Å²) in [4.78, 5) is 15.4. The first-order valence-electron chi connectivity index (χ1n) is 7.52. The molecular formula is C17H19ClN2O3S. The number of methoxy groups -OCH3 is 1. The van der Waals surface area contributed by atoms with Gasteiger partial charge in [0, 0.05) is 23.8 Å². The maximum atomic E-state index is 12.7. The first-order chi connectivity index (χ1) is 11.6. The van der Waals surface area contributed by atoms with E-state index in [0.29, 0.717) is 16.3 Å². The summed E-state index contributed by atoms with van der Waals surface area (Å²) < 4.78 is 5.24. The number of hydrogen-bond acceptors (Lipinski definition) is 6. The molecule has 1 heterocycles. The van der Waals surface area contributed by atoms with E-state index in [4.69, 9.17) is 21.5 Å². The van der Waals surface area contributed by atoms with E-state index in [1.165, 1.54) is 25.1 Å². The summed E-state index contributed by atoms with van der Waals surface area (Å²) in [5.41, 5.74) is 0.415. The van der Waals surface area contributed by atoms with E-state index >= 15 is 0 Å². The van der Waals surface area contributed by atoms with Gasteiger partial charge in [-0.2, -0.15) is 0 Å². The normalized spacial score (nSPS) is 16.0. The molecule has 2 rings (SSSR count). The van der Waals surface area contributed by atoms with Crippen molar-refractivity contribution in [2.45, 2.75) is 19.8 Å². The summed E-state index contributed by atoms with van der Waals surface area (Å²) in [7, 11) is 1.52. The average Bonchev–Trinajstić information content (AvgIpc) is 2.94. The molecule has 0 radical (unpaired) electrons. The minimum absolute atomic E-state index is 0.186. The van der Waals surface area contributed by atoms with Gasteiger partial charge in [-0.3, -0.25) is 4.79 Å². The summed E-state index contributed by atoms with van der Waals surface area (Å²) in [5.74, 6) is 0.295. The Kier molecular flexibility index (Phi) is 6.75. The van der Waals surface area contributed by atoms with Gasteiger partial charge in [0.2, 0.25) is 0 Å². The van der Waals surface area contributed by atoms with E-state index in [0.717, 1.165) is 29.3 Å². The van der Waals surface area contributed by atoms with Crippen LogP contribution in [0.2, 0.25) is 5.02 Å². The lowest BCUT2D eigenvalue weighted by Crippen LogP contribution is -2.14. The number of oxime groups is 1. The minimum Gasteiger partial charge on any atom is -0.496 e. The van der Waals surface area contributed by atoms with Gasteiger partial charge in [-0.05, 0) is 24.6 Å². The molecule has 7 heteroatoms. The lowest BCUT2D eigenvalue weighted by Gasteiger charge is -2.16. The third kappa shape index (κ3) is 4.55. The van der Waals surface area contributed by atoms with Crippen molar-refractivity contribution in [3.05, 3.63) is 51.0 Å². The molecule has 0 unspecified atom stereocenters. The molecule has 0 bridgehead atoms. The summed E-state index contributed by atoms with van der Waals surface area (Å²) in [5, 5.41) is 13.0. The van der Waals surface area contributed by atoms with Crippen molar-refractivity contribution in [2.24, 2.45) is 5.16 Å². The fraction of sp³-hybridized carbons (Fsp3) is 0.294. The maximum absolute atomic E-state index is 12.7. The molecule has 1 aliphatic rings. The number of carbonyl (C=O) groups is 1. The number of benzene rings is 1. The molecule has 0 aliphatic carbocycles. The monoisotopic (exact) mass is 366 g/mol. The van der Waals surface area contributed by atoms with Crippen LogP contribution in [0.25, 0.3) is 0 Å². The first kappa shape index (κ1) is 18.4. The molecule has 0 amide bonds. The molecular weight excluding hydrogens is 348 g/mol. The van der Waals surface area contributed by atoms with Gasteiger partial charge in [0.25, 0.3) is 0 Å². The van der Waals surface area contributed by atoms with E-state index in [-0.39, 0.29) is 5.78 Å². The van der Waals surface area contributed by atoms with Crippen LogP contribution in [-0.4, -0.2) is 35.8 Å². The largest absolute Gasteiger partial charge is 0.496 e. The Balaban J connectivity index is 2.28. The van der Waals surface area contributed by atoms with E-state index in [1.54, 1.807) is 24.3 Å². The van der Waals surface area contributed by atoms with Crippen LogP contribution >= 0.6 is 23.4 Å². The summed E-state index contributed by atoms with van der Waals surface area (Å²) in [6, 6.07) is 4.95. The van der Waals surface area contributed by atoms with Crippen molar-refractivity contribution in [3.63, 3.8) is 0 Å². The lowest BCUT2D eigenvalue weighted by molar-refractivity contribution is 0.104. The molecule has 0 spiro atoms. The van der Waals surface area contributed by atoms with E-state index in [2.05, 4.69) is 12.1 Å². The van der Waals surface area contributed by atoms with Gasteiger partial charge in [0.05, 0.1) is 28.8 Å². The molecule has 0 saturated carbocycles. The zero-order valence-corrected chi connectivity index (χ0v) is 15.1. The molecule has 24 heavy (non-hydrogen) atoms. The minimum atomic E-state index is -0.186. The number of ether oxygens (including phenoxy) is 1. The smallest absolute Gasteiger partial charge is 0.192 e. The molecule has 0 atom stereocenters. The van der Waals surface area contributed by atoms with Gasteiger partial charge < -0.3 is 14.8 Å². The van der Waals surface area contributed by atoms with E-state index in [1.807, 2.05) is 11.1 Å². The Labute approximate surface area is 150 Å². The quantitative estimate of drug-likeness (QED) is 0.253. The zero-order valence-electron chi connectivity index (χ0n) is 13.5. The van der Waals surface area contributed by atoms with Gasteiger partial charge in [-0.25, -0.2) is 0 Å². The molecule has 128 valence electrons. The highest BCUT2D eigenvalue weighted by Gasteiger charge is 2.21. The van der Waals surface area contributed by atoms with Gasteiger partial charge in [0.15, 0.2) is 5.78 Å². The van der Waals surface area contributed by atoms with Crippen LogP contribution in [0.4, 0.5) is 0 Å². The Morgan fingerprint density at radius 1 is 1.50 bits per heavy atom. The molecule has 0 aromatic heterocycles. The molecule has 1 aromatic rings.